The van der Waals surface area contributed by atoms with Gasteiger partial charge in [-0.3, -0.25) is 4.79 Å². The predicted molar refractivity (Wildman–Crippen MR) is 194 cm³/mol. The van der Waals surface area contributed by atoms with Crippen LogP contribution in [0.2, 0.25) is 23.2 Å². The minimum Gasteiger partial charge on any atom is -0.496 e. The largest absolute Gasteiger partial charge is 0.496 e. The Morgan fingerprint density at radius 1 is 1.11 bits per heavy atom. The Balaban J connectivity index is 1.29. The van der Waals surface area contributed by atoms with Gasteiger partial charge in [0, 0.05) is 30.6 Å². The number of carbonyl (C=O) groups excluding carboxylic acids is 2. The van der Waals surface area contributed by atoms with Gasteiger partial charge in [0.1, 0.15) is 11.4 Å². The van der Waals surface area contributed by atoms with Crippen LogP contribution < -0.4 is 10.1 Å². The standard InChI is InChI=1S/C35H49ClN2O6S2Si/c1-33(2,3)47(7,8)43-23-24-21-26(36)27(22-28(24)42-6)37-31(39)15-18-38(5)25-13-16-34(4,17-14-25)44-32(40)35(41,29-11-9-19-45-29)30-12-10-20-46-30/h9-12,19-22,25,41H,13-18,23H2,1-8H3,(H,37,39)/t25-,34-. The maximum absolute atomic E-state index is 13.5. The lowest BCUT2D eigenvalue weighted by Gasteiger charge is -2.41. The molecule has 2 aromatic heterocycles. The Bertz CT molecular complexity index is 1460. The molecule has 258 valence electrons. The Morgan fingerprint density at radius 3 is 2.21 bits per heavy atom. The van der Waals surface area contributed by atoms with Gasteiger partial charge in [-0.2, -0.15) is 0 Å². The third-order valence-corrected chi connectivity index (χ3v) is 16.5. The van der Waals surface area contributed by atoms with Crippen LogP contribution in [0.1, 0.15) is 75.1 Å². The molecular weight excluding hydrogens is 672 g/mol. The van der Waals surface area contributed by atoms with Crippen molar-refractivity contribution in [2.45, 2.75) is 102 Å². The summed E-state index contributed by atoms with van der Waals surface area (Å²) in [6, 6.07) is 11.0. The van der Waals surface area contributed by atoms with Gasteiger partial charge in [-0.05, 0) is 86.7 Å². The van der Waals surface area contributed by atoms with Gasteiger partial charge >= 0.3 is 5.97 Å². The lowest BCUT2D eigenvalue weighted by Crippen LogP contribution is -2.47. The molecule has 47 heavy (non-hydrogen) atoms. The third-order valence-electron chi connectivity index (χ3n) is 9.76. The summed E-state index contributed by atoms with van der Waals surface area (Å²) in [7, 11) is 1.66. The molecule has 0 radical (unpaired) electrons. The Kier molecular flexibility index (Phi) is 12.1. The number of esters is 1. The van der Waals surface area contributed by atoms with Crippen molar-refractivity contribution in [1.82, 2.24) is 4.90 Å². The van der Waals surface area contributed by atoms with Crippen molar-refractivity contribution in [3.63, 3.8) is 0 Å². The van der Waals surface area contributed by atoms with E-state index in [0.29, 0.717) is 58.6 Å². The van der Waals surface area contributed by atoms with Crippen molar-refractivity contribution < 1.29 is 28.6 Å². The number of hydrogen-bond donors (Lipinski definition) is 2. The van der Waals surface area contributed by atoms with Crippen LogP contribution in [0, 0.1) is 0 Å². The molecular formula is C35H49ClN2O6S2Si. The van der Waals surface area contributed by atoms with Gasteiger partial charge in [-0.1, -0.05) is 44.5 Å². The minimum absolute atomic E-state index is 0.0799. The summed E-state index contributed by atoms with van der Waals surface area (Å²) in [5.41, 5.74) is -1.16. The molecule has 0 atom stereocenters. The Hall–Kier alpha value is -2.25. The number of hydrogen-bond acceptors (Lipinski definition) is 9. The normalized spacial score (nSPS) is 19.1. The first-order valence-corrected chi connectivity index (χ1v) is 21.1. The van der Waals surface area contributed by atoms with E-state index in [-0.39, 0.29) is 17.0 Å². The lowest BCUT2D eigenvalue weighted by atomic mass is 9.82. The fourth-order valence-electron chi connectivity index (χ4n) is 5.49. The van der Waals surface area contributed by atoms with E-state index in [9.17, 15) is 14.7 Å². The van der Waals surface area contributed by atoms with Crippen molar-refractivity contribution >= 4 is 60.2 Å². The number of aliphatic hydroxyl groups is 1. The molecule has 1 aliphatic carbocycles. The lowest BCUT2D eigenvalue weighted by molar-refractivity contribution is -0.180. The van der Waals surface area contributed by atoms with Crippen molar-refractivity contribution in [3.05, 3.63) is 67.5 Å². The number of amides is 1. The van der Waals surface area contributed by atoms with Gasteiger partial charge in [0.2, 0.25) is 11.5 Å². The zero-order valence-corrected chi connectivity index (χ0v) is 32.2. The molecule has 0 unspecified atom stereocenters. The number of nitrogens with one attached hydrogen (secondary N) is 1. The smallest absolute Gasteiger partial charge is 0.349 e. The topological polar surface area (TPSA) is 97.3 Å². The molecule has 1 saturated carbocycles. The first-order chi connectivity index (χ1) is 22.0. The molecule has 0 bridgehead atoms. The third kappa shape index (κ3) is 8.86. The SMILES string of the molecule is COc1cc(NC(=O)CCN(C)[C@H]2CC[C@](C)(OC(=O)C(O)(c3cccs3)c3cccs3)CC2)c(Cl)cc1CO[Si](C)(C)C(C)(C)C. The second kappa shape index (κ2) is 15.1. The van der Waals surface area contributed by atoms with Crippen molar-refractivity contribution in [1.29, 1.82) is 0 Å². The molecule has 0 aliphatic heterocycles. The monoisotopic (exact) mass is 720 g/mol. The van der Waals surface area contributed by atoms with E-state index in [1.165, 1.54) is 22.7 Å². The molecule has 0 saturated heterocycles. The average Bonchev–Trinajstić information content (AvgIpc) is 3.75. The Morgan fingerprint density at radius 2 is 1.70 bits per heavy atom. The molecule has 3 aromatic rings. The van der Waals surface area contributed by atoms with Crippen LogP contribution in [0.3, 0.4) is 0 Å². The molecule has 4 rings (SSSR count). The maximum atomic E-state index is 13.5. The van der Waals surface area contributed by atoms with Crippen LogP contribution in [0.25, 0.3) is 0 Å². The van der Waals surface area contributed by atoms with Gasteiger partial charge in [0.25, 0.3) is 0 Å². The van der Waals surface area contributed by atoms with E-state index in [1.807, 2.05) is 42.9 Å². The first kappa shape index (κ1) is 37.6. The number of rotatable bonds is 13. The summed E-state index contributed by atoms with van der Waals surface area (Å²) in [6.45, 7) is 13.9. The molecule has 12 heteroatoms. The number of carbonyl (C=O) groups is 2. The molecule has 1 amide bonds. The fraction of sp³-hybridized carbons (Fsp3) is 0.543. The van der Waals surface area contributed by atoms with Gasteiger partial charge in [0.05, 0.1) is 34.2 Å². The minimum atomic E-state index is -1.96. The van der Waals surface area contributed by atoms with E-state index in [2.05, 4.69) is 44.1 Å². The molecule has 8 nitrogen and oxygen atoms in total. The van der Waals surface area contributed by atoms with Crippen LogP contribution in [0.5, 0.6) is 5.75 Å². The van der Waals surface area contributed by atoms with Crippen LogP contribution in [-0.2, 0) is 31.0 Å². The van der Waals surface area contributed by atoms with Crippen LogP contribution in [-0.4, -0.2) is 62.5 Å². The van der Waals surface area contributed by atoms with Crippen molar-refractivity contribution in [3.8, 4) is 5.75 Å². The summed E-state index contributed by atoms with van der Waals surface area (Å²) in [6.07, 6.45) is 3.22. The number of benzene rings is 1. The van der Waals surface area contributed by atoms with E-state index < -0.39 is 25.5 Å². The summed E-state index contributed by atoms with van der Waals surface area (Å²) in [5, 5.41) is 18.8. The number of thiophene rings is 2. The summed E-state index contributed by atoms with van der Waals surface area (Å²) in [5.74, 6) is -0.155. The first-order valence-electron chi connectivity index (χ1n) is 16.0. The zero-order valence-electron chi connectivity index (χ0n) is 28.8. The highest BCUT2D eigenvalue weighted by Crippen LogP contribution is 2.41. The second-order valence-electron chi connectivity index (χ2n) is 14.2. The quantitative estimate of drug-likeness (QED) is 0.135. The average molecular weight is 721 g/mol. The van der Waals surface area contributed by atoms with Crippen LogP contribution >= 0.6 is 34.3 Å². The van der Waals surface area contributed by atoms with Crippen LogP contribution in [0.15, 0.2) is 47.2 Å². The number of halogens is 1. The van der Waals surface area contributed by atoms with E-state index >= 15 is 0 Å². The van der Waals surface area contributed by atoms with Crippen molar-refractivity contribution in [2.75, 3.05) is 26.0 Å². The molecule has 2 N–H and O–H groups in total. The zero-order chi connectivity index (χ0) is 34.6. The number of ether oxygens (including phenoxy) is 2. The van der Waals surface area contributed by atoms with E-state index in [4.69, 9.17) is 25.5 Å². The maximum Gasteiger partial charge on any atom is 0.349 e. The molecule has 1 fully saturated rings. The number of methoxy groups -OCH3 is 1. The molecule has 1 aromatic carbocycles. The molecule has 0 spiro atoms. The predicted octanol–water partition coefficient (Wildman–Crippen LogP) is 8.43. The summed E-state index contributed by atoms with van der Waals surface area (Å²) < 4.78 is 18.1. The second-order valence-corrected chi connectivity index (χ2v) is 21.3. The summed E-state index contributed by atoms with van der Waals surface area (Å²) >= 11 is 9.27. The number of anilines is 1. The van der Waals surface area contributed by atoms with Gasteiger partial charge in [0.15, 0.2) is 8.32 Å². The number of nitrogens with zero attached hydrogens (tertiary/aromatic N) is 1. The van der Waals surface area contributed by atoms with Crippen molar-refractivity contribution in [2.24, 2.45) is 0 Å². The van der Waals surface area contributed by atoms with Crippen LogP contribution in [0.4, 0.5) is 5.69 Å². The highest BCUT2D eigenvalue weighted by molar-refractivity contribution is 7.12. The fourth-order valence-corrected chi connectivity index (χ4v) is 8.38. The van der Waals surface area contributed by atoms with Gasteiger partial charge in [-0.25, -0.2) is 4.79 Å². The molecule has 2 heterocycles. The molecule has 1 aliphatic rings. The van der Waals surface area contributed by atoms with E-state index in [1.54, 1.807) is 25.3 Å². The summed E-state index contributed by atoms with van der Waals surface area (Å²) in [4.78, 5) is 29.8. The highest BCUT2D eigenvalue weighted by atomic mass is 35.5. The van der Waals surface area contributed by atoms with Gasteiger partial charge < -0.3 is 29.2 Å². The Labute approximate surface area is 293 Å². The highest BCUT2D eigenvalue weighted by Gasteiger charge is 2.47. The van der Waals surface area contributed by atoms with Gasteiger partial charge in [-0.15, -0.1) is 22.7 Å². The van der Waals surface area contributed by atoms with E-state index in [0.717, 1.165) is 18.4 Å².